The van der Waals surface area contributed by atoms with Gasteiger partial charge in [0.2, 0.25) is 6.29 Å². The van der Waals surface area contributed by atoms with E-state index in [-0.39, 0.29) is 5.92 Å². The number of unbranched alkanes of at least 4 members (excludes halogenated alkanes) is 3. The highest BCUT2D eigenvalue weighted by molar-refractivity contribution is 5.54. The zero-order chi connectivity index (χ0) is 10.1. The van der Waals surface area contributed by atoms with Crippen molar-refractivity contribution in [2.75, 3.05) is 0 Å². The van der Waals surface area contributed by atoms with Gasteiger partial charge in [-0.05, 0) is 12.3 Å². The van der Waals surface area contributed by atoms with Crippen LogP contribution in [0.15, 0.2) is 0 Å². The Balaban J connectivity index is 3.53. The summed E-state index contributed by atoms with van der Waals surface area (Å²) < 4.78 is 0. The second-order valence-electron chi connectivity index (χ2n) is 3.96. The molecule has 0 spiro atoms. The van der Waals surface area contributed by atoms with Crippen LogP contribution in [0.4, 0.5) is 0 Å². The third-order valence-corrected chi connectivity index (χ3v) is 2.85. The van der Waals surface area contributed by atoms with Crippen molar-refractivity contribution in [3.63, 3.8) is 0 Å². The van der Waals surface area contributed by atoms with E-state index in [0.29, 0.717) is 5.92 Å². The minimum absolute atomic E-state index is 0.182. The molecule has 77 valence electrons. The lowest BCUT2D eigenvalue weighted by Crippen LogP contribution is -2.12. The van der Waals surface area contributed by atoms with Crippen molar-refractivity contribution in [3.8, 4) is 0 Å². The summed E-state index contributed by atoms with van der Waals surface area (Å²) in [6.45, 7) is 6.49. The fourth-order valence-corrected chi connectivity index (χ4v) is 1.54. The molecular formula is C12H23O. The normalized spacial score (nSPS) is 15.3. The van der Waals surface area contributed by atoms with Crippen LogP contribution in [0.25, 0.3) is 0 Å². The summed E-state index contributed by atoms with van der Waals surface area (Å²) in [6, 6.07) is 0. The highest BCUT2D eigenvalue weighted by Crippen LogP contribution is 2.19. The van der Waals surface area contributed by atoms with Crippen molar-refractivity contribution in [2.45, 2.75) is 59.3 Å². The van der Waals surface area contributed by atoms with E-state index in [1.54, 1.807) is 0 Å². The molecule has 0 aromatic carbocycles. The van der Waals surface area contributed by atoms with Crippen LogP contribution in [0.3, 0.4) is 0 Å². The SMILES string of the molecule is CCCCCCC([C]=O)C(C)CC. The van der Waals surface area contributed by atoms with Gasteiger partial charge in [0.1, 0.15) is 0 Å². The van der Waals surface area contributed by atoms with Gasteiger partial charge < -0.3 is 0 Å². The molecule has 0 fully saturated rings. The maximum atomic E-state index is 10.6. The van der Waals surface area contributed by atoms with Crippen LogP contribution >= 0.6 is 0 Å². The molecule has 0 aliphatic rings. The molecule has 2 atom stereocenters. The molecule has 1 radical (unpaired) electrons. The minimum atomic E-state index is 0.182. The Labute approximate surface area is 82.9 Å². The summed E-state index contributed by atoms with van der Waals surface area (Å²) in [5.74, 6) is 0.695. The first-order chi connectivity index (χ1) is 6.26. The van der Waals surface area contributed by atoms with E-state index in [0.717, 1.165) is 12.8 Å². The second-order valence-corrected chi connectivity index (χ2v) is 3.96. The molecule has 0 rings (SSSR count). The molecule has 0 amide bonds. The molecule has 0 saturated carbocycles. The first kappa shape index (κ1) is 12.7. The van der Waals surface area contributed by atoms with Gasteiger partial charge in [0.05, 0.1) is 0 Å². The number of hydrogen-bond donors (Lipinski definition) is 0. The van der Waals surface area contributed by atoms with E-state index in [9.17, 15) is 4.79 Å². The lowest BCUT2D eigenvalue weighted by atomic mass is 9.88. The largest absolute Gasteiger partial charge is 0.291 e. The monoisotopic (exact) mass is 183 g/mol. The van der Waals surface area contributed by atoms with Crippen molar-refractivity contribution >= 4 is 6.29 Å². The van der Waals surface area contributed by atoms with E-state index in [1.165, 1.54) is 25.7 Å². The summed E-state index contributed by atoms with van der Waals surface area (Å²) in [4.78, 5) is 10.6. The van der Waals surface area contributed by atoms with Gasteiger partial charge in [0.15, 0.2) is 0 Å². The van der Waals surface area contributed by atoms with E-state index >= 15 is 0 Å². The summed E-state index contributed by atoms with van der Waals surface area (Å²) in [5, 5.41) is 0. The zero-order valence-corrected chi connectivity index (χ0v) is 9.31. The van der Waals surface area contributed by atoms with Crippen LogP contribution in [0.5, 0.6) is 0 Å². The highest BCUT2D eigenvalue weighted by Gasteiger charge is 2.14. The van der Waals surface area contributed by atoms with Gasteiger partial charge in [-0.3, -0.25) is 4.79 Å². The van der Waals surface area contributed by atoms with E-state index in [1.807, 2.05) is 0 Å². The molecule has 2 unspecified atom stereocenters. The molecule has 1 nitrogen and oxygen atoms in total. The maximum absolute atomic E-state index is 10.6. The molecule has 0 aromatic rings. The lowest BCUT2D eigenvalue weighted by molar-refractivity contribution is 0.380. The molecule has 0 saturated heterocycles. The molecule has 0 N–H and O–H groups in total. The Hall–Kier alpha value is -0.330. The fourth-order valence-electron chi connectivity index (χ4n) is 1.54. The Morgan fingerprint density at radius 1 is 1.15 bits per heavy atom. The van der Waals surface area contributed by atoms with Crippen molar-refractivity contribution in [1.82, 2.24) is 0 Å². The van der Waals surface area contributed by atoms with E-state index < -0.39 is 0 Å². The van der Waals surface area contributed by atoms with Crippen LogP contribution in [0.1, 0.15) is 59.3 Å². The minimum Gasteiger partial charge on any atom is -0.291 e. The van der Waals surface area contributed by atoms with Gasteiger partial charge >= 0.3 is 0 Å². The van der Waals surface area contributed by atoms with Gasteiger partial charge in [0, 0.05) is 5.92 Å². The van der Waals surface area contributed by atoms with Crippen molar-refractivity contribution in [2.24, 2.45) is 11.8 Å². The van der Waals surface area contributed by atoms with Gasteiger partial charge in [-0.25, -0.2) is 0 Å². The van der Waals surface area contributed by atoms with Crippen molar-refractivity contribution < 1.29 is 4.79 Å². The summed E-state index contributed by atoms with van der Waals surface area (Å²) in [7, 11) is 0. The van der Waals surface area contributed by atoms with E-state index in [4.69, 9.17) is 0 Å². The van der Waals surface area contributed by atoms with Crippen LogP contribution in [0.2, 0.25) is 0 Å². The lowest BCUT2D eigenvalue weighted by Gasteiger charge is -2.15. The van der Waals surface area contributed by atoms with Gasteiger partial charge in [0.25, 0.3) is 0 Å². The molecular weight excluding hydrogens is 160 g/mol. The predicted molar refractivity (Wildman–Crippen MR) is 57.4 cm³/mol. The maximum Gasteiger partial charge on any atom is 0.202 e. The highest BCUT2D eigenvalue weighted by atomic mass is 16.1. The summed E-state index contributed by atoms with van der Waals surface area (Å²) in [5.41, 5.74) is 0. The molecule has 13 heavy (non-hydrogen) atoms. The first-order valence-corrected chi connectivity index (χ1v) is 5.63. The average molecular weight is 183 g/mol. The Kier molecular flexibility index (Phi) is 8.07. The quantitative estimate of drug-likeness (QED) is 0.524. The molecule has 0 bridgehead atoms. The van der Waals surface area contributed by atoms with Crippen LogP contribution in [0, 0.1) is 11.8 Å². The second kappa shape index (κ2) is 8.28. The zero-order valence-electron chi connectivity index (χ0n) is 9.31. The predicted octanol–water partition coefficient (Wildman–Crippen LogP) is 3.73. The standard InChI is InChI=1S/C12H23O/c1-4-6-7-8-9-12(10-13)11(3)5-2/h11-12H,4-9H2,1-3H3. The number of carbonyl (C=O) groups excluding carboxylic acids is 1. The summed E-state index contributed by atoms with van der Waals surface area (Å²) >= 11 is 0. The van der Waals surface area contributed by atoms with Crippen LogP contribution in [-0.4, -0.2) is 6.29 Å². The average Bonchev–Trinajstić information content (AvgIpc) is 2.17. The smallest absolute Gasteiger partial charge is 0.202 e. The molecule has 0 heterocycles. The fraction of sp³-hybridized carbons (Fsp3) is 0.917. The van der Waals surface area contributed by atoms with Crippen molar-refractivity contribution in [3.05, 3.63) is 0 Å². The van der Waals surface area contributed by atoms with Crippen LogP contribution < -0.4 is 0 Å². The van der Waals surface area contributed by atoms with E-state index in [2.05, 4.69) is 27.1 Å². The molecule has 0 aliphatic carbocycles. The Bertz CT molecular complexity index is 120. The van der Waals surface area contributed by atoms with Gasteiger partial charge in [-0.2, -0.15) is 0 Å². The Morgan fingerprint density at radius 2 is 1.85 bits per heavy atom. The molecule has 0 aliphatic heterocycles. The van der Waals surface area contributed by atoms with Crippen LogP contribution in [-0.2, 0) is 4.79 Å². The Morgan fingerprint density at radius 3 is 2.31 bits per heavy atom. The first-order valence-electron chi connectivity index (χ1n) is 5.63. The molecule has 0 aromatic heterocycles. The molecule has 1 heteroatoms. The van der Waals surface area contributed by atoms with Crippen molar-refractivity contribution in [1.29, 1.82) is 0 Å². The topological polar surface area (TPSA) is 17.1 Å². The van der Waals surface area contributed by atoms with Gasteiger partial charge in [-0.1, -0.05) is 52.9 Å². The summed E-state index contributed by atoms with van der Waals surface area (Å²) in [6.07, 6.45) is 9.33. The third-order valence-electron chi connectivity index (χ3n) is 2.85. The third kappa shape index (κ3) is 5.84. The van der Waals surface area contributed by atoms with Gasteiger partial charge in [-0.15, -0.1) is 0 Å². The number of hydrogen-bond acceptors (Lipinski definition) is 1. The number of rotatable bonds is 8.